The minimum absolute atomic E-state index is 0. The van der Waals surface area contributed by atoms with Crippen molar-refractivity contribution >= 4 is 91.0 Å². The Labute approximate surface area is 507 Å². The van der Waals surface area contributed by atoms with Crippen LogP contribution >= 0.6 is 63.1 Å². The summed E-state index contributed by atoms with van der Waals surface area (Å²) in [6.45, 7) is 11.4. The number of rotatable bonds is 10. The molecule has 0 bridgehead atoms. The molecule has 5 aliphatic carbocycles. The average Bonchev–Trinajstić information content (AvgIpc) is 3.47. The van der Waals surface area contributed by atoms with E-state index in [0.717, 1.165) is 54.1 Å². The topological polar surface area (TPSA) is 0 Å². The van der Waals surface area contributed by atoms with Crippen LogP contribution in [-0.2, 0) is 0 Å². The van der Waals surface area contributed by atoms with Crippen molar-refractivity contribution in [1.82, 2.24) is 0 Å². The fraction of sp³-hybridized carbons (Fsp3) is 0.429. The van der Waals surface area contributed by atoms with Gasteiger partial charge in [0.15, 0.2) is 0 Å². The Morgan fingerprint density at radius 3 is 0.487 bits per heavy atom. The molecule has 5 aromatic carbocycles. The fourth-order valence-electron chi connectivity index (χ4n) is 11.0. The second kappa shape index (κ2) is 39.9. The SMILES string of the molecule is CCC1CC=C(c2ccc([S])cc2)CC1.CCC1CC=C(c2ccc([S])cc2)CC1.CCC1CC=C(c2ccc([S])cc2)CC1.CCC1CC=C(c2ccc([S])cc2)CC1.CCC1CC=C(c2ccc([S])cc2)CC1.F.F.F.F.F. The molecule has 0 nitrogen and oxygen atoms in total. The van der Waals surface area contributed by atoms with Crippen LogP contribution in [0, 0.1) is 29.6 Å². The molecule has 0 saturated heterocycles. The van der Waals surface area contributed by atoms with Crippen LogP contribution in [0.1, 0.15) is 191 Å². The number of allylic oxidation sites excluding steroid dienone is 10. The standard InChI is InChI=1S/5C14H17S.5FH/c5*1-2-11-3-5-12(6-4-11)13-7-9-14(15)10-8-13;;;;;/h5*5,7-11H,2-4,6H2,1H3;5*1H. The molecular weight excluding hydrogens is 1100 g/mol. The first-order chi connectivity index (χ1) is 36.5. The molecule has 0 heterocycles. The van der Waals surface area contributed by atoms with E-state index < -0.39 is 0 Å². The Kier molecular flexibility index (Phi) is 36.7. The molecule has 0 aromatic heterocycles. The first kappa shape index (κ1) is 73.6. The highest BCUT2D eigenvalue weighted by Gasteiger charge is 2.18. The van der Waals surface area contributed by atoms with Gasteiger partial charge in [-0.2, -0.15) is 0 Å². The highest BCUT2D eigenvalue weighted by molar-refractivity contribution is 7.81. The van der Waals surface area contributed by atoms with Crippen LogP contribution in [-0.4, -0.2) is 0 Å². The Hall–Kier alpha value is -4.45. The van der Waals surface area contributed by atoms with E-state index in [9.17, 15) is 0 Å². The second-order valence-corrected chi connectivity index (χ2v) is 23.9. The minimum atomic E-state index is 0. The van der Waals surface area contributed by atoms with E-state index in [2.05, 4.69) is 126 Å². The summed E-state index contributed by atoms with van der Waals surface area (Å²) in [6, 6.07) is 41.8. The van der Waals surface area contributed by atoms with Crippen molar-refractivity contribution in [3.8, 4) is 0 Å². The molecule has 10 rings (SSSR count). The monoisotopic (exact) mass is 1190 g/mol. The van der Waals surface area contributed by atoms with Gasteiger partial charge in [-0.3, -0.25) is 23.5 Å². The molecule has 5 aromatic rings. The predicted octanol–water partition coefficient (Wildman–Crippen LogP) is 24.9. The van der Waals surface area contributed by atoms with Gasteiger partial charge < -0.3 is 0 Å². The van der Waals surface area contributed by atoms with Crippen LogP contribution in [0.4, 0.5) is 23.5 Å². The van der Waals surface area contributed by atoms with E-state index in [-0.39, 0.29) is 23.5 Å². The van der Waals surface area contributed by atoms with E-state index >= 15 is 0 Å². The summed E-state index contributed by atoms with van der Waals surface area (Å²) < 4.78 is 0. The summed E-state index contributed by atoms with van der Waals surface area (Å²) in [4.78, 5) is 4.66. The summed E-state index contributed by atoms with van der Waals surface area (Å²) in [5.74, 6) is 4.55. The van der Waals surface area contributed by atoms with Crippen molar-refractivity contribution in [3.05, 3.63) is 180 Å². The van der Waals surface area contributed by atoms with Crippen LogP contribution in [0.5, 0.6) is 0 Å². The van der Waals surface area contributed by atoms with Crippen molar-refractivity contribution < 1.29 is 23.5 Å². The van der Waals surface area contributed by atoms with Crippen molar-refractivity contribution in [2.24, 2.45) is 29.6 Å². The van der Waals surface area contributed by atoms with Gasteiger partial charge in [0.1, 0.15) is 0 Å². The second-order valence-electron chi connectivity index (χ2n) is 21.5. The highest BCUT2D eigenvalue weighted by atomic mass is 32.1. The predicted molar refractivity (Wildman–Crippen MR) is 352 cm³/mol. The molecule has 5 radical (unpaired) electrons. The van der Waals surface area contributed by atoms with Gasteiger partial charge in [-0.1, -0.05) is 221 Å². The van der Waals surface area contributed by atoms with E-state index in [1.807, 2.05) is 60.7 Å². The zero-order chi connectivity index (χ0) is 53.4. The minimum Gasteiger partial charge on any atom is -0.269 e. The number of hydrogen-bond acceptors (Lipinski definition) is 0. The third kappa shape index (κ3) is 24.6. The van der Waals surface area contributed by atoms with Crippen LogP contribution in [0.2, 0.25) is 0 Å². The van der Waals surface area contributed by atoms with Crippen molar-refractivity contribution in [1.29, 1.82) is 0 Å². The molecule has 5 atom stereocenters. The van der Waals surface area contributed by atoms with Gasteiger partial charge in [0.05, 0.1) is 0 Å². The molecule has 0 aliphatic heterocycles. The quantitative estimate of drug-likeness (QED) is 0.122. The Morgan fingerprint density at radius 1 is 0.250 bits per heavy atom. The fourth-order valence-corrected chi connectivity index (χ4v) is 11.6. The molecular formula is C70H90F5S5. The summed E-state index contributed by atoms with van der Waals surface area (Å²) in [5, 5.41) is 0. The summed E-state index contributed by atoms with van der Waals surface area (Å²) in [7, 11) is 0. The average molecular weight is 1190 g/mol. The van der Waals surface area contributed by atoms with Crippen molar-refractivity contribution in [2.45, 2.75) is 188 Å². The Balaban J connectivity index is 0.000000492. The van der Waals surface area contributed by atoms with Crippen LogP contribution in [0.3, 0.4) is 0 Å². The summed E-state index contributed by atoms with van der Waals surface area (Å²) in [5.41, 5.74) is 14.3. The lowest BCUT2D eigenvalue weighted by Gasteiger charge is -2.20. The highest BCUT2D eigenvalue weighted by Crippen LogP contribution is 2.36. The largest absolute Gasteiger partial charge is 0.269 e. The normalized spacial score (nSPS) is 19.8. The number of hydrogen-bond donors (Lipinski definition) is 0. The smallest absolute Gasteiger partial charge is 0.0377 e. The van der Waals surface area contributed by atoms with Gasteiger partial charge in [-0.25, -0.2) is 0 Å². The van der Waals surface area contributed by atoms with Gasteiger partial charge in [0, 0.05) is 24.5 Å². The lowest BCUT2D eigenvalue weighted by atomic mass is 9.85. The van der Waals surface area contributed by atoms with E-state index in [1.54, 1.807) is 0 Å². The van der Waals surface area contributed by atoms with Gasteiger partial charge in [0.25, 0.3) is 0 Å². The van der Waals surface area contributed by atoms with Crippen LogP contribution in [0.15, 0.2) is 176 Å². The van der Waals surface area contributed by atoms with E-state index in [4.69, 9.17) is 63.1 Å². The van der Waals surface area contributed by atoms with Crippen molar-refractivity contribution in [2.75, 3.05) is 0 Å². The maximum absolute atomic E-state index is 5.09. The molecule has 5 aliphatic rings. The van der Waals surface area contributed by atoms with E-state index in [1.165, 1.54) is 184 Å². The third-order valence-corrected chi connectivity index (χ3v) is 18.0. The van der Waals surface area contributed by atoms with Crippen LogP contribution < -0.4 is 0 Å². The molecule has 5 unspecified atom stereocenters. The third-order valence-electron chi connectivity index (χ3n) is 16.6. The molecule has 10 heteroatoms. The molecule has 435 valence electrons. The van der Waals surface area contributed by atoms with E-state index in [0.29, 0.717) is 0 Å². The van der Waals surface area contributed by atoms with Crippen LogP contribution in [0.25, 0.3) is 27.9 Å². The van der Waals surface area contributed by atoms with Gasteiger partial charge in [0.2, 0.25) is 0 Å². The zero-order valence-corrected chi connectivity index (χ0v) is 52.1. The van der Waals surface area contributed by atoms with Crippen molar-refractivity contribution in [3.63, 3.8) is 0 Å². The van der Waals surface area contributed by atoms with Gasteiger partial charge in [-0.15, -0.1) is 0 Å². The lowest BCUT2D eigenvalue weighted by molar-refractivity contribution is 0.471. The van der Waals surface area contributed by atoms with Gasteiger partial charge in [-0.05, 0) is 242 Å². The maximum Gasteiger partial charge on any atom is 0.0377 e. The maximum atomic E-state index is 5.09. The molecule has 80 heavy (non-hydrogen) atoms. The molecule has 0 saturated carbocycles. The number of benzene rings is 5. The Morgan fingerprint density at radius 2 is 0.388 bits per heavy atom. The molecule has 0 fully saturated rings. The lowest BCUT2D eigenvalue weighted by Crippen LogP contribution is -2.03. The first-order valence-corrected chi connectivity index (χ1v) is 30.8. The van der Waals surface area contributed by atoms with Gasteiger partial charge >= 0.3 is 0 Å². The number of halogens is 5. The zero-order valence-electron chi connectivity index (χ0n) is 48.0. The summed E-state index contributed by atoms with van der Waals surface area (Å²) >= 11 is 25.5. The molecule has 0 N–H and O–H groups in total. The molecule has 0 spiro atoms. The molecule has 0 amide bonds. The first-order valence-electron chi connectivity index (χ1n) is 28.8. The Bertz CT molecular complexity index is 2190. The summed E-state index contributed by atoms with van der Waals surface area (Å²) in [6.07, 6.45) is 37.8.